The molecule has 1 amide bonds. The highest BCUT2D eigenvalue weighted by molar-refractivity contribution is 5.76. The van der Waals surface area contributed by atoms with Crippen molar-refractivity contribution in [2.75, 3.05) is 13.2 Å². The van der Waals surface area contributed by atoms with Crippen LogP contribution in [0.3, 0.4) is 0 Å². The summed E-state index contributed by atoms with van der Waals surface area (Å²) in [4.78, 5) is 24.5. The quantitative estimate of drug-likeness (QED) is 0.0322. The Balaban J connectivity index is 3.55. The molecule has 2 atom stereocenters. The minimum Gasteiger partial charge on any atom is -0.466 e. The van der Waals surface area contributed by atoms with Crippen LogP contribution in [0.5, 0.6) is 0 Å². The lowest BCUT2D eigenvalue weighted by Crippen LogP contribution is -2.45. The van der Waals surface area contributed by atoms with E-state index >= 15 is 0 Å². The van der Waals surface area contributed by atoms with Gasteiger partial charge in [0.2, 0.25) is 5.91 Å². The van der Waals surface area contributed by atoms with Crippen LogP contribution in [0.2, 0.25) is 0 Å². The molecule has 61 heavy (non-hydrogen) atoms. The third-order valence-electron chi connectivity index (χ3n) is 11.8. The van der Waals surface area contributed by atoms with Crippen molar-refractivity contribution < 1.29 is 24.5 Å². The fourth-order valence-electron chi connectivity index (χ4n) is 7.71. The van der Waals surface area contributed by atoms with Gasteiger partial charge >= 0.3 is 5.97 Å². The zero-order valence-electron chi connectivity index (χ0n) is 40.4. The lowest BCUT2D eigenvalue weighted by atomic mass is 10.0. The Labute approximate surface area is 378 Å². The normalized spacial score (nSPS) is 13.0. The fraction of sp³-hybridized carbons (Fsp3) is 0.818. The van der Waals surface area contributed by atoms with Crippen LogP contribution in [0.1, 0.15) is 264 Å². The maximum Gasteiger partial charge on any atom is 0.305 e. The number of aliphatic hydroxyl groups excluding tert-OH is 2. The molecule has 6 heteroatoms. The summed E-state index contributed by atoms with van der Waals surface area (Å²) in [5, 5.41) is 23.0. The lowest BCUT2D eigenvalue weighted by Gasteiger charge is -2.19. The van der Waals surface area contributed by atoms with Crippen molar-refractivity contribution in [2.24, 2.45) is 0 Å². The molecule has 0 aromatic carbocycles. The molecule has 0 aliphatic rings. The Morgan fingerprint density at radius 2 is 0.820 bits per heavy atom. The molecule has 0 saturated heterocycles. The maximum absolute atomic E-state index is 12.4. The van der Waals surface area contributed by atoms with Gasteiger partial charge in [-0.1, -0.05) is 210 Å². The van der Waals surface area contributed by atoms with Crippen molar-refractivity contribution >= 4 is 11.9 Å². The van der Waals surface area contributed by atoms with E-state index in [2.05, 4.69) is 55.6 Å². The maximum atomic E-state index is 12.4. The number of nitrogens with one attached hydrogen (secondary N) is 1. The highest BCUT2D eigenvalue weighted by Gasteiger charge is 2.18. The van der Waals surface area contributed by atoms with Gasteiger partial charge in [-0.25, -0.2) is 0 Å². The van der Waals surface area contributed by atoms with E-state index in [9.17, 15) is 19.8 Å². The molecule has 0 aromatic rings. The Morgan fingerprint density at radius 1 is 0.459 bits per heavy atom. The number of esters is 1. The van der Waals surface area contributed by atoms with Crippen LogP contribution in [-0.2, 0) is 14.3 Å². The van der Waals surface area contributed by atoms with Gasteiger partial charge in [0.15, 0.2) is 0 Å². The zero-order valence-corrected chi connectivity index (χ0v) is 40.4. The third-order valence-corrected chi connectivity index (χ3v) is 11.8. The molecule has 0 rings (SSSR count). The summed E-state index contributed by atoms with van der Waals surface area (Å²) in [7, 11) is 0. The largest absolute Gasteiger partial charge is 0.466 e. The number of rotatable bonds is 48. The monoisotopic (exact) mass is 856 g/mol. The predicted octanol–water partition coefficient (Wildman–Crippen LogP) is 15.8. The molecule has 0 aliphatic heterocycles. The lowest BCUT2D eigenvalue weighted by molar-refractivity contribution is -0.143. The second kappa shape index (κ2) is 50.5. The Hall–Kier alpha value is -2.18. The van der Waals surface area contributed by atoms with Gasteiger partial charge in [-0.05, 0) is 89.9 Å². The fourth-order valence-corrected chi connectivity index (χ4v) is 7.71. The highest BCUT2D eigenvalue weighted by Crippen LogP contribution is 2.15. The summed E-state index contributed by atoms with van der Waals surface area (Å²) >= 11 is 0. The van der Waals surface area contributed by atoms with E-state index in [1.807, 2.05) is 6.08 Å². The molecule has 0 aliphatic carbocycles. The summed E-state index contributed by atoms with van der Waals surface area (Å²) in [6.07, 6.45) is 62.5. The van der Waals surface area contributed by atoms with E-state index in [0.717, 1.165) is 83.5 Å². The number of unbranched alkanes of at least 4 members (excludes halogenated alkanes) is 31. The number of carbonyl (C=O) groups is 2. The van der Waals surface area contributed by atoms with E-state index in [0.29, 0.717) is 19.4 Å². The van der Waals surface area contributed by atoms with Crippen molar-refractivity contribution in [3.05, 3.63) is 48.6 Å². The standard InChI is InChI=1S/C55H101NO5/c1-3-5-7-9-11-13-15-17-19-21-25-29-33-37-41-45-49-55(60)61-50-46-42-38-34-30-26-22-24-28-32-36-40-44-48-54(59)56-52(51-57)53(58)47-43-39-35-31-27-23-20-18-16-14-12-10-8-6-4-2/h13,15,19,21,24,28,43,47,52-53,57-58H,3-12,14,16-18,20,22-23,25-27,29-42,44-46,48-51H2,1-2H3,(H,56,59)/b15-13-,21-19-,28-24-,47-43+. The predicted molar refractivity (Wildman–Crippen MR) is 264 cm³/mol. The van der Waals surface area contributed by atoms with Crippen LogP contribution in [0.15, 0.2) is 48.6 Å². The van der Waals surface area contributed by atoms with Gasteiger partial charge in [0.1, 0.15) is 0 Å². The SMILES string of the molecule is CCCCCC/C=C\C/C=C\CCCCCCCC(=O)OCCCCCCCC/C=C\CCCCCC(=O)NC(CO)C(O)/C=C/CCCCCCCCCCCCCCC. The first-order chi connectivity index (χ1) is 30.0. The number of ether oxygens (including phenoxy) is 1. The van der Waals surface area contributed by atoms with Crippen LogP contribution < -0.4 is 5.32 Å². The van der Waals surface area contributed by atoms with Gasteiger partial charge in [-0.3, -0.25) is 9.59 Å². The molecule has 0 heterocycles. The average Bonchev–Trinajstić information content (AvgIpc) is 3.26. The van der Waals surface area contributed by atoms with Crippen molar-refractivity contribution in [1.82, 2.24) is 5.32 Å². The molecular formula is C55H101NO5. The Morgan fingerprint density at radius 3 is 1.30 bits per heavy atom. The number of allylic oxidation sites excluding steroid dienone is 7. The molecule has 0 fully saturated rings. The average molecular weight is 856 g/mol. The van der Waals surface area contributed by atoms with Gasteiger partial charge in [-0.15, -0.1) is 0 Å². The zero-order chi connectivity index (χ0) is 44.4. The second-order valence-corrected chi connectivity index (χ2v) is 17.8. The number of hydrogen-bond donors (Lipinski definition) is 3. The van der Waals surface area contributed by atoms with Gasteiger partial charge < -0.3 is 20.3 Å². The molecule has 356 valence electrons. The molecule has 3 N–H and O–H groups in total. The van der Waals surface area contributed by atoms with Crippen molar-refractivity contribution in [1.29, 1.82) is 0 Å². The molecule has 6 nitrogen and oxygen atoms in total. The molecule has 2 unspecified atom stereocenters. The van der Waals surface area contributed by atoms with Crippen molar-refractivity contribution in [2.45, 2.75) is 276 Å². The number of carbonyl (C=O) groups excluding carboxylic acids is 2. The Bertz CT molecular complexity index is 1040. The summed E-state index contributed by atoms with van der Waals surface area (Å²) < 4.78 is 5.45. The van der Waals surface area contributed by atoms with Gasteiger partial charge in [-0.2, -0.15) is 0 Å². The smallest absolute Gasteiger partial charge is 0.305 e. The highest BCUT2D eigenvalue weighted by atomic mass is 16.5. The molecule has 0 saturated carbocycles. The van der Waals surface area contributed by atoms with Crippen LogP contribution in [0.4, 0.5) is 0 Å². The van der Waals surface area contributed by atoms with Crippen LogP contribution in [0.25, 0.3) is 0 Å². The molecule has 0 bridgehead atoms. The van der Waals surface area contributed by atoms with E-state index in [-0.39, 0.29) is 18.5 Å². The molecule has 0 spiro atoms. The van der Waals surface area contributed by atoms with Crippen molar-refractivity contribution in [3.8, 4) is 0 Å². The first kappa shape index (κ1) is 58.8. The van der Waals surface area contributed by atoms with Gasteiger partial charge in [0.25, 0.3) is 0 Å². The third kappa shape index (κ3) is 47.1. The summed E-state index contributed by atoms with van der Waals surface area (Å²) in [5.41, 5.74) is 0. The number of amides is 1. The first-order valence-electron chi connectivity index (χ1n) is 26.4. The van der Waals surface area contributed by atoms with Gasteiger partial charge in [0.05, 0.1) is 25.4 Å². The topological polar surface area (TPSA) is 95.9 Å². The van der Waals surface area contributed by atoms with Crippen LogP contribution in [-0.4, -0.2) is 47.4 Å². The van der Waals surface area contributed by atoms with E-state index in [4.69, 9.17) is 4.74 Å². The Kier molecular flexibility index (Phi) is 48.7. The summed E-state index contributed by atoms with van der Waals surface area (Å²) in [5.74, 6) is -0.128. The number of aliphatic hydroxyl groups is 2. The van der Waals surface area contributed by atoms with Crippen LogP contribution in [0, 0.1) is 0 Å². The summed E-state index contributed by atoms with van der Waals surface area (Å²) in [6.45, 7) is 4.83. The molecular weight excluding hydrogens is 755 g/mol. The molecule has 0 aromatic heterocycles. The molecule has 0 radical (unpaired) electrons. The number of hydrogen-bond acceptors (Lipinski definition) is 5. The van der Waals surface area contributed by atoms with E-state index in [1.165, 1.54) is 154 Å². The van der Waals surface area contributed by atoms with E-state index < -0.39 is 12.1 Å². The van der Waals surface area contributed by atoms with Gasteiger partial charge in [0, 0.05) is 12.8 Å². The summed E-state index contributed by atoms with van der Waals surface area (Å²) in [6, 6.07) is -0.649. The minimum atomic E-state index is -0.863. The first-order valence-corrected chi connectivity index (χ1v) is 26.4. The van der Waals surface area contributed by atoms with Crippen LogP contribution >= 0.6 is 0 Å². The second-order valence-electron chi connectivity index (χ2n) is 17.8. The minimum absolute atomic E-state index is 0.0283. The van der Waals surface area contributed by atoms with Crippen molar-refractivity contribution in [3.63, 3.8) is 0 Å². The van der Waals surface area contributed by atoms with E-state index in [1.54, 1.807) is 6.08 Å².